The van der Waals surface area contributed by atoms with Crippen LogP contribution in [-0.4, -0.2) is 64.3 Å². The lowest BCUT2D eigenvalue weighted by Crippen LogP contribution is -2.56. The van der Waals surface area contributed by atoms with Gasteiger partial charge in [0.2, 0.25) is 11.8 Å². The number of fused-ring (bicyclic) bond motifs is 1. The highest BCUT2D eigenvalue weighted by Gasteiger charge is 2.31. The fourth-order valence-corrected chi connectivity index (χ4v) is 3.23. The number of rotatable bonds is 6. The highest BCUT2D eigenvalue weighted by atomic mass is 16.2. The quantitative estimate of drug-likeness (QED) is 0.771. The van der Waals surface area contributed by atoms with Gasteiger partial charge in [0.15, 0.2) is 0 Å². The van der Waals surface area contributed by atoms with Crippen LogP contribution >= 0.6 is 0 Å². The van der Waals surface area contributed by atoms with Crippen LogP contribution in [0.4, 0.5) is 0 Å². The Hall–Kier alpha value is -2.80. The number of piperazine rings is 1. The average molecular weight is 381 g/mol. The van der Waals surface area contributed by atoms with Gasteiger partial charge in [-0.1, -0.05) is 23.8 Å². The molecule has 7 nitrogen and oxygen atoms in total. The summed E-state index contributed by atoms with van der Waals surface area (Å²) in [4.78, 5) is 37.7. The van der Waals surface area contributed by atoms with Crippen molar-refractivity contribution in [2.75, 3.05) is 26.7 Å². The van der Waals surface area contributed by atoms with Gasteiger partial charge in [0, 0.05) is 26.7 Å². The molecule has 0 saturated carbocycles. The van der Waals surface area contributed by atoms with Gasteiger partial charge in [0.1, 0.15) is 0 Å². The standard InChI is InChI=1S/C21H27N5O2/c1-15(2)8-10-26-11-9-22-21(28)19(26)12-20(27)25(3)14-16-13-23-17-6-4-5-7-18(17)24-16/h4-8,13,19H,9-12,14H2,1-3H3,(H,22,28). The zero-order valence-corrected chi connectivity index (χ0v) is 16.7. The lowest BCUT2D eigenvalue weighted by Gasteiger charge is -2.34. The first-order valence-corrected chi connectivity index (χ1v) is 9.54. The van der Waals surface area contributed by atoms with Crippen LogP contribution in [0.15, 0.2) is 42.1 Å². The molecule has 0 bridgehead atoms. The highest BCUT2D eigenvalue weighted by Crippen LogP contribution is 2.13. The van der Waals surface area contributed by atoms with Gasteiger partial charge in [-0.05, 0) is 26.0 Å². The molecule has 2 heterocycles. The molecule has 1 aromatic carbocycles. The smallest absolute Gasteiger partial charge is 0.237 e. The summed E-state index contributed by atoms with van der Waals surface area (Å²) in [5, 5.41) is 2.87. The Morgan fingerprint density at radius 2 is 2.07 bits per heavy atom. The van der Waals surface area contributed by atoms with Crippen molar-refractivity contribution in [3.05, 3.63) is 47.8 Å². The van der Waals surface area contributed by atoms with Crippen LogP contribution in [0.2, 0.25) is 0 Å². The zero-order valence-electron chi connectivity index (χ0n) is 16.7. The Morgan fingerprint density at radius 1 is 1.32 bits per heavy atom. The SMILES string of the molecule is CC(C)=CCN1CCNC(=O)C1CC(=O)N(C)Cc1cnc2ccccc2n1. The van der Waals surface area contributed by atoms with E-state index in [1.807, 2.05) is 38.1 Å². The van der Waals surface area contributed by atoms with E-state index in [0.29, 0.717) is 19.6 Å². The maximum absolute atomic E-state index is 12.8. The zero-order chi connectivity index (χ0) is 20.1. The number of amides is 2. The van der Waals surface area contributed by atoms with Crippen LogP contribution in [0.5, 0.6) is 0 Å². The van der Waals surface area contributed by atoms with Crippen molar-refractivity contribution in [3.8, 4) is 0 Å². The van der Waals surface area contributed by atoms with Crippen molar-refractivity contribution < 1.29 is 9.59 Å². The van der Waals surface area contributed by atoms with Gasteiger partial charge in [-0.15, -0.1) is 0 Å². The number of hydrogen-bond donors (Lipinski definition) is 1. The van der Waals surface area contributed by atoms with Gasteiger partial charge in [0.05, 0.1) is 41.9 Å². The molecule has 2 amide bonds. The molecule has 1 atom stereocenters. The fourth-order valence-electron chi connectivity index (χ4n) is 3.23. The summed E-state index contributed by atoms with van der Waals surface area (Å²) in [5.41, 5.74) is 3.56. The number of carbonyl (C=O) groups excluding carboxylic acids is 2. The third-order valence-electron chi connectivity index (χ3n) is 4.87. The lowest BCUT2D eigenvalue weighted by atomic mass is 10.1. The van der Waals surface area contributed by atoms with Crippen LogP contribution in [0.3, 0.4) is 0 Å². The average Bonchev–Trinajstić information content (AvgIpc) is 2.68. The number of benzene rings is 1. The van der Waals surface area contributed by atoms with E-state index in [9.17, 15) is 9.59 Å². The van der Waals surface area contributed by atoms with E-state index in [2.05, 4.69) is 26.3 Å². The number of nitrogens with one attached hydrogen (secondary N) is 1. The molecule has 1 saturated heterocycles. The third-order valence-corrected chi connectivity index (χ3v) is 4.87. The van der Waals surface area contributed by atoms with Crippen molar-refractivity contribution >= 4 is 22.8 Å². The van der Waals surface area contributed by atoms with Gasteiger partial charge in [-0.25, -0.2) is 4.98 Å². The predicted molar refractivity (Wildman–Crippen MR) is 108 cm³/mol. The Kier molecular flexibility index (Phi) is 6.36. The van der Waals surface area contributed by atoms with Gasteiger partial charge in [-0.3, -0.25) is 19.5 Å². The Bertz CT molecular complexity index is 891. The minimum absolute atomic E-state index is 0.0827. The number of para-hydroxylation sites is 2. The molecule has 0 spiro atoms. The number of carbonyl (C=O) groups is 2. The minimum atomic E-state index is -0.443. The van der Waals surface area contributed by atoms with Gasteiger partial charge in [0.25, 0.3) is 0 Å². The summed E-state index contributed by atoms with van der Waals surface area (Å²) in [7, 11) is 1.74. The summed E-state index contributed by atoms with van der Waals surface area (Å²) in [6, 6.07) is 7.20. The number of aromatic nitrogens is 2. The van der Waals surface area contributed by atoms with E-state index < -0.39 is 6.04 Å². The molecule has 1 aliphatic rings. The molecule has 0 aliphatic carbocycles. The van der Waals surface area contributed by atoms with Crippen LogP contribution in [-0.2, 0) is 16.1 Å². The number of hydrogen-bond acceptors (Lipinski definition) is 5. The normalized spacial score (nSPS) is 17.2. The van der Waals surface area contributed by atoms with Crippen molar-refractivity contribution in [1.29, 1.82) is 0 Å². The van der Waals surface area contributed by atoms with E-state index in [1.54, 1.807) is 18.1 Å². The molecule has 1 unspecified atom stereocenters. The maximum atomic E-state index is 12.8. The minimum Gasteiger partial charge on any atom is -0.353 e. The molecule has 148 valence electrons. The second kappa shape index (κ2) is 8.93. The van der Waals surface area contributed by atoms with Crippen LogP contribution in [0.25, 0.3) is 11.0 Å². The largest absolute Gasteiger partial charge is 0.353 e. The van der Waals surface area contributed by atoms with E-state index in [1.165, 1.54) is 5.57 Å². The molecule has 7 heteroatoms. The summed E-state index contributed by atoms with van der Waals surface area (Å²) in [6.07, 6.45) is 3.94. The Morgan fingerprint density at radius 3 is 2.82 bits per heavy atom. The summed E-state index contributed by atoms with van der Waals surface area (Å²) < 4.78 is 0. The molecule has 2 aromatic rings. The van der Waals surface area contributed by atoms with Gasteiger partial charge in [-0.2, -0.15) is 0 Å². The molecule has 3 rings (SSSR count). The fraction of sp³-hybridized carbons (Fsp3) is 0.429. The molecule has 0 radical (unpaired) electrons. The summed E-state index contributed by atoms with van der Waals surface area (Å²) >= 11 is 0. The molecule has 1 fully saturated rings. The second-order valence-electron chi connectivity index (χ2n) is 7.39. The number of allylic oxidation sites excluding steroid dienone is 1. The predicted octanol–water partition coefficient (Wildman–Crippen LogP) is 1.74. The van der Waals surface area contributed by atoms with Crippen molar-refractivity contribution in [2.45, 2.75) is 32.9 Å². The molecule has 1 aliphatic heterocycles. The summed E-state index contributed by atoms with van der Waals surface area (Å²) in [5.74, 6) is -0.167. The lowest BCUT2D eigenvalue weighted by molar-refractivity contribution is -0.138. The summed E-state index contributed by atoms with van der Waals surface area (Å²) in [6.45, 7) is 6.45. The third kappa shape index (κ3) is 4.92. The first-order valence-electron chi connectivity index (χ1n) is 9.54. The number of nitrogens with zero attached hydrogens (tertiary/aromatic N) is 4. The molecule has 1 N–H and O–H groups in total. The highest BCUT2D eigenvalue weighted by molar-refractivity contribution is 5.88. The Balaban J connectivity index is 1.65. The van der Waals surface area contributed by atoms with E-state index in [4.69, 9.17) is 0 Å². The van der Waals surface area contributed by atoms with Crippen molar-refractivity contribution in [1.82, 2.24) is 25.1 Å². The topological polar surface area (TPSA) is 78.4 Å². The van der Waals surface area contributed by atoms with E-state index in [0.717, 1.165) is 23.3 Å². The van der Waals surface area contributed by atoms with Crippen LogP contribution in [0.1, 0.15) is 26.0 Å². The van der Waals surface area contributed by atoms with Crippen LogP contribution < -0.4 is 5.32 Å². The van der Waals surface area contributed by atoms with E-state index >= 15 is 0 Å². The van der Waals surface area contributed by atoms with Gasteiger partial charge >= 0.3 is 0 Å². The van der Waals surface area contributed by atoms with Gasteiger partial charge < -0.3 is 10.2 Å². The molecule has 28 heavy (non-hydrogen) atoms. The van der Waals surface area contributed by atoms with Crippen molar-refractivity contribution in [2.24, 2.45) is 0 Å². The van der Waals surface area contributed by atoms with E-state index in [-0.39, 0.29) is 18.2 Å². The van der Waals surface area contributed by atoms with Crippen molar-refractivity contribution in [3.63, 3.8) is 0 Å². The monoisotopic (exact) mass is 381 g/mol. The first kappa shape index (κ1) is 19.9. The molecule has 1 aromatic heterocycles. The maximum Gasteiger partial charge on any atom is 0.237 e. The Labute approximate surface area is 165 Å². The molecular formula is C21H27N5O2. The molecular weight excluding hydrogens is 354 g/mol. The van der Waals surface area contributed by atoms with Crippen LogP contribution in [0, 0.1) is 0 Å². The first-order chi connectivity index (χ1) is 13.4. The second-order valence-corrected chi connectivity index (χ2v) is 7.39.